The lowest BCUT2D eigenvalue weighted by atomic mass is 10.2. The average Bonchev–Trinajstić information content (AvgIpc) is 2.82. The molecule has 1 aromatic heterocycles. The Balaban J connectivity index is 2.34. The maximum Gasteiger partial charge on any atom is 0.326 e. The minimum Gasteiger partial charge on any atom is -0.480 e. The molecule has 0 spiro atoms. The third-order valence-corrected chi connectivity index (χ3v) is 3.48. The second-order valence-electron chi connectivity index (χ2n) is 4.82. The fraction of sp³-hybridized carbons (Fsp3) is 0.538. The van der Waals surface area contributed by atoms with E-state index in [1.165, 1.54) is 4.90 Å². The highest BCUT2D eigenvalue weighted by Gasteiger charge is 2.35. The van der Waals surface area contributed by atoms with Gasteiger partial charge < -0.3 is 10.0 Å². The fourth-order valence-electron chi connectivity index (χ4n) is 2.32. The first-order chi connectivity index (χ1) is 8.91. The Labute approximate surface area is 111 Å². The first-order valence-electron chi connectivity index (χ1n) is 6.27. The highest BCUT2D eigenvalue weighted by molar-refractivity contribution is 5.96. The van der Waals surface area contributed by atoms with Crippen LogP contribution in [0.4, 0.5) is 0 Å². The van der Waals surface area contributed by atoms with Gasteiger partial charge >= 0.3 is 5.97 Å². The Kier molecular flexibility index (Phi) is 3.50. The largest absolute Gasteiger partial charge is 0.480 e. The van der Waals surface area contributed by atoms with Gasteiger partial charge in [-0.05, 0) is 33.6 Å². The van der Waals surface area contributed by atoms with Crippen LogP contribution in [0, 0.1) is 20.8 Å². The summed E-state index contributed by atoms with van der Waals surface area (Å²) in [7, 11) is 0. The van der Waals surface area contributed by atoms with Crippen molar-refractivity contribution in [3.63, 3.8) is 0 Å². The lowest BCUT2D eigenvalue weighted by Gasteiger charge is -2.21. The number of rotatable bonds is 2. The smallest absolute Gasteiger partial charge is 0.326 e. The van der Waals surface area contributed by atoms with Crippen molar-refractivity contribution >= 4 is 11.9 Å². The van der Waals surface area contributed by atoms with E-state index in [1.54, 1.807) is 13.8 Å². The number of aryl methyl sites for hydroxylation is 3. The van der Waals surface area contributed by atoms with Crippen LogP contribution >= 0.6 is 0 Å². The van der Waals surface area contributed by atoms with Crippen molar-refractivity contribution in [2.24, 2.45) is 0 Å². The highest BCUT2D eigenvalue weighted by Crippen LogP contribution is 2.21. The molecule has 2 rings (SSSR count). The lowest BCUT2D eigenvalue weighted by Crippen LogP contribution is -2.41. The number of carbonyl (C=O) groups is 2. The van der Waals surface area contributed by atoms with Crippen molar-refractivity contribution in [2.45, 2.75) is 39.7 Å². The first kappa shape index (κ1) is 13.5. The highest BCUT2D eigenvalue weighted by atomic mass is 16.4. The summed E-state index contributed by atoms with van der Waals surface area (Å²) in [6.45, 7) is 5.80. The van der Waals surface area contributed by atoms with Gasteiger partial charge in [0.05, 0.1) is 17.1 Å². The molecule has 1 saturated heterocycles. The molecule has 1 aliphatic heterocycles. The molecular weight excluding hydrogens is 246 g/mol. The molecule has 0 aliphatic carbocycles. The van der Waals surface area contributed by atoms with Crippen LogP contribution in [0.3, 0.4) is 0 Å². The average molecular weight is 263 g/mol. The first-order valence-corrected chi connectivity index (χ1v) is 6.27. The number of likely N-dealkylation sites (tertiary alicyclic amines) is 1. The molecule has 0 aromatic carbocycles. The lowest BCUT2D eigenvalue weighted by molar-refractivity contribution is -0.141. The zero-order chi connectivity index (χ0) is 14.2. The van der Waals surface area contributed by atoms with E-state index in [2.05, 4.69) is 9.97 Å². The number of carboxylic acid groups (broad SMARTS) is 1. The summed E-state index contributed by atoms with van der Waals surface area (Å²) in [5, 5.41) is 9.12. The van der Waals surface area contributed by atoms with E-state index in [0.717, 1.165) is 5.69 Å². The predicted molar refractivity (Wildman–Crippen MR) is 67.9 cm³/mol. The maximum atomic E-state index is 12.4. The summed E-state index contributed by atoms with van der Waals surface area (Å²) in [6, 6.07) is -0.740. The van der Waals surface area contributed by atoms with Crippen molar-refractivity contribution in [3.8, 4) is 0 Å². The van der Waals surface area contributed by atoms with E-state index in [1.807, 2.05) is 6.92 Å². The molecule has 19 heavy (non-hydrogen) atoms. The number of nitrogens with zero attached hydrogens (tertiary/aromatic N) is 3. The van der Waals surface area contributed by atoms with Gasteiger partial charge in [0.15, 0.2) is 0 Å². The molecule has 6 nitrogen and oxygen atoms in total. The number of carboxylic acids is 1. The number of aliphatic carboxylic acids is 1. The standard InChI is InChI=1S/C13H17N3O3/c1-7-8(2)15-11(9(3)14-7)12(17)16-6-4-5-10(16)13(18)19/h10H,4-6H2,1-3H3,(H,18,19)/t10-/m0/s1. The van der Waals surface area contributed by atoms with Crippen LogP contribution in [0.25, 0.3) is 0 Å². The SMILES string of the molecule is Cc1nc(C)c(C(=O)N2CCC[C@H]2C(=O)O)nc1C. The van der Waals surface area contributed by atoms with Gasteiger partial charge in [-0.3, -0.25) is 9.78 Å². The normalized spacial score (nSPS) is 18.7. The van der Waals surface area contributed by atoms with E-state index in [0.29, 0.717) is 30.8 Å². The van der Waals surface area contributed by atoms with Gasteiger partial charge in [-0.1, -0.05) is 0 Å². The molecular formula is C13H17N3O3. The minimum absolute atomic E-state index is 0.260. The molecule has 0 unspecified atom stereocenters. The van der Waals surface area contributed by atoms with Crippen molar-refractivity contribution in [1.82, 2.24) is 14.9 Å². The van der Waals surface area contributed by atoms with Gasteiger partial charge in [0, 0.05) is 6.54 Å². The van der Waals surface area contributed by atoms with Gasteiger partial charge in [-0.15, -0.1) is 0 Å². The zero-order valence-corrected chi connectivity index (χ0v) is 11.3. The topological polar surface area (TPSA) is 83.4 Å². The number of carbonyl (C=O) groups excluding carboxylic acids is 1. The molecule has 1 fully saturated rings. The van der Waals surface area contributed by atoms with E-state index >= 15 is 0 Å². The molecule has 1 atom stereocenters. The summed E-state index contributed by atoms with van der Waals surface area (Å²) >= 11 is 0. The van der Waals surface area contributed by atoms with Crippen molar-refractivity contribution in [3.05, 3.63) is 22.8 Å². The molecule has 0 radical (unpaired) electrons. The molecule has 0 bridgehead atoms. The van der Waals surface area contributed by atoms with Crippen LogP contribution in [0.15, 0.2) is 0 Å². The number of hydrogen-bond acceptors (Lipinski definition) is 4. The number of aromatic nitrogens is 2. The van der Waals surface area contributed by atoms with Crippen molar-refractivity contribution < 1.29 is 14.7 Å². The molecule has 6 heteroatoms. The Morgan fingerprint density at radius 1 is 1.16 bits per heavy atom. The van der Waals surface area contributed by atoms with E-state index < -0.39 is 12.0 Å². The Morgan fingerprint density at radius 3 is 2.42 bits per heavy atom. The Bertz CT molecular complexity index is 542. The van der Waals surface area contributed by atoms with E-state index in [9.17, 15) is 9.59 Å². The number of hydrogen-bond donors (Lipinski definition) is 1. The van der Waals surface area contributed by atoms with Crippen LogP contribution in [-0.4, -0.2) is 44.4 Å². The predicted octanol–water partition coefficient (Wildman–Crippen LogP) is 1.09. The van der Waals surface area contributed by atoms with E-state index in [-0.39, 0.29) is 11.6 Å². The number of amides is 1. The Morgan fingerprint density at radius 2 is 1.79 bits per heavy atom. The summed E-state index contributed by atoms with van der Waals surface area (Å²) < 4.78 is 0. The zero-order valence-electron chi connectivity index (χ0n) is 11.3. The third-order valence-electron chi connectivity index (χ3n) is 3.48. The monoisotopic (exact) mass is 263 g/mol. The van der Waals surface area contributed by atoms with Gasteiger partial charge in [-0.2, -0.15) is 0 Å². The molecule has 2 heterocycles. The molecule has 1 amide bonds. The summed E-state index contributed by atoms with van der Waals surface area (Å²) in [6.07, 6.45) is 1.21. The molecule has 102 valence electrons. The van der Waals surface area contributed by atoms with Crippen LogP contribution in [0.5, 0.6) is 0 Å². The van der Waals surface area contributed by atoms with Crippen LogP contribution in [0.1, 0.15) is 40.4 Å². The van der Waals surface area contributed by atoms with Crippen molar-refractivity contribution in [2.75, 3.05) is 6.54 Å². The van der Waals surface area contributed by atoms with Gasteiger partial charge in [0.1, 0.15) is 11.7 Å². The summed E-state index contributed by atoms with van der Waals surface area (Å²) in [5.41, 5.74) is 2.28. The molecule has 0 saturated carbocycles. The van der Waals surface area contributed by atoms with E-state index in [4.69, 9.17) is 5.11 Å². The quantitative estimate of drug-likeness (QED) is 0.863. The summed E-state index contributed by atoms with van der Waals surface area (Å²) in [5.74, 6) is -1.29. The summed E-state index contributed by atoms with van der Waals surface area (Å²) in [4.78, 5) is 33.5. The van der Waals surface area contributed by atoms with Crippen LogP contribution in [0.2, 0.25) is 0 Å². The fourth-order valence-corrected chi connectivity index (χ4v) is 2.32. The molecule has 1 aromatic rings. The van der Waals surface area contributed by atoms with Crippen LogP contribution in [-0.2, 0) is 4.79 Å². The molecule has 1 N–H and O–H groups in total. The van der Waals surface area contributed by atoms with Crippen molar-refractivity contribution in [1.29, 1.82) is 0 Å². The van der Waals surface area contributed by atoms with Gasteiger partial charge in [0.25, 0.3) is 5.91 Å². The minimum atomic E-state index is -0.958. The van der Waals surface area contributed by atoms with Gasteiger partial charge in [0.2, 0.25) is 0 Å². The van der Waals surface area contributed by atoms with Crippen LogP contribution < -0.4 is 0 Å². The molecule has 1 aliphatic rings. The maximum absolute atomic E-state index is 12.4. The van der Waals surface area contributed by atoms with Gasteiger partial charge in [-0.25, -0.2) is 9.78 Å². The Hall–Kier alpha value is -1.98. The second-order valence-corrected chi connectivity index (χ2v) is 4.82. The second kappa shape index (κ2) is 4.95. The third kappa shape index (κ3) is 2.43.